The smallest absolute Gasteiger partial charge is 0.202 e. The number of benzene rings is 1. The van der Waals surface area contributed by atoms with Gasteiger partial charge in [0.05, 0.1) is 5.69 Å². The first kappa shape index (κ1) is 12.6. The van der Waals surface area contributed by atoms with E-state index >= 15 is 0 Å². The van der Waals surface area contributed by atoms with E-state index in [4.69, 9.17) is 0 Å². The lowest BCUT2D eigenvalue weighted by atomic mass is 9.68. The zero-order valence-corrected chi connectivity index (χ0v) is 12.4. The van der Waals surface area contributed by atoms with E-state index in [0.29, 0.717) is 34.9 Å². The quantitative estimate of drug-likeness (QED) is 0.837. The number of nitrogens with zero attached hydrogens (tertiary/aromatic N) is 1. The van der Waals surface area contributed by atoms with E-state index in [-0.39, 0.29) is 17.6 Å². The molecule has 1 aromatic carbocycles. The normalized spacial score (nSPS) is 31.0. The van der Waals surface area contributed by atoms with Gasteiger partial charge in [0, 0.05) is 11.1 Å². The van der Waals surface area contributed by atoms with Crippen LogP contribution in [0.15, 0.2) is 18.2 Å². The second-order valence-corrected chi connectivity index (χ2v) is 7.10. The van der Waals surface area contributed by atoms with Gasteiger partial charge in [-0.3, -0.25) is 4.57 Å². The minimum atomic E-state index is -0.325. The summed E-state index contributed by atoms with van der Waals surface area (Å²) in [7, 11) is 0. The number of aromatic nitrogens is 1. The van der Waals surface area contributed by atoms with Gasteiger partial charge >= 0.3 is 0 Å². The van der Waals surface area contributed by atoms with Crippen LogP contribution in [0.5, 0.6) is 11.8 Å². The highest BCUT2D eigenvalue weighted by Crippen LogP contribution is 2.70. The van der Waals surface area contributed by atoms with Gasteiger partial charge in [0.2, 0.25) is 11.8 Å². The minimum absolute atomic E-state index is 0.107. The van der Waals surface area contributed by atoms with E-state index in [9.17, 15) is 14.6 Å². The molecule has 6 rings (SSSR count). The van der Waals surface area contributed by atoms with Crippen LogP contribution >= 0.6 is 0 Å². The van der Waals surface area contributed by atoms with Gasteiger partial charge in [-0.2, -0.15) is 0 Å². The Labute approximate surface area is 128 Å². The lowest BCUT2D eigenvalue weighted by Crippen LogP contribution is -2.22. The highest BCUT2D eigenvalue weighted by molar-refractivity contribution is 5.59. The van der Waals surface area contributed by atoms with E-state index in [2.05, 4.69) is 0 Å². The summed E-state index contributed by atoms with van der Waals surface area (Å²) in [4.78, 5) is 0. The monoisotopic (exact) mass is 299 g/mol. The Balaban J connectivity index is 1.74. The highest BCUT2D eigenvalue weighted by atomic mass is 19.1. The summed E-state index contributed by atoms with van der Waals surface area (Å²) in [5.41, 5.74) is 2.89. The molecule has 2 N–H and O–H groups in total. The van der Waals surface area contributed by atoms with E-state index in [0.717, 1.165) is 24.0 Å². The molecule has 114 valence electrons. The van der Waals surface area contributed by atoms with Crippen LogP contribution in [-0.4, -0.2) is 14.8 Å². The molecule has 0 saturated heterocycles. The van der Waals surface area contributed by atoms with Crippen LogP contribution in [0.25, 0.3) is 5.69 Å². The van der Waals surface area contributed by atoms with E-state index < -0.39 is 0 Å². The molecule has 0 unspecified atom stereocenters. The molecular weight excluding hydrogens is 281 g/mol. The zero-order chi connectivity index (χ0) is 15.2. The summed E-state index contributed by atoms with van der Waals surface area (Å²) in [6.07, 6.45) is 3.41. The third kappa shape index (κ3) is 1.36. The summed E-state index contributed by atoms with van der Waals surface area (Å²) >= 11 is 0. The Morgan fingerprint density at radius 3 is 2.18 bits per heavy atom. The molecule has 1 heterocycles. The Kier molecular flexibility index (Phi) is 2.20. The fourth-order valence-electron chi connectivity index (χ4n) is 4.94. The summed E-state index contributed by atoms with van der Waals surface area (Å²) in [5, 5.41) is 21.4. The number of halogens is 1. The molecule has 0 amide bonds. The Morgan fingerprint density at radius 1 is 1.05 bits per heavy atom. The van der Waals surface area contributed by atoms with Crippen LogP contribution in [-0.2, 0) is 0 Å². The molecule has 2 bridgehead atoms. The summed E-state index contributed by atoms with van der Waals surface area (Å²) in [6.45, 7) is 1.70. The molecule has 0 spiro atoms. The van der Waals surface area contributed by atoms with Gasteiger partial charge in [-0.05, 0) is 67.6 Å². The molecular formula is C18H18FNO2. The van der Waals surface area contributed by atoms with Crippen molar-refractivity contribution in [3.8, 4) is 17.4 Å². The predicted molar refractivity (Wildman–Crippen MR) is 80.1 cm³/mol. The molecule has 0 aliphatic heterocycles. The first-order valence-corrected chi connectivity index (χ1v) is 8.01. The molecule has 4 heteroatoms. The largest absolute Gasteiger partial charge is 0.494 e. The molecule has 0 radical (unpaired) electrons. The SMILES string of the molecule is Cc1ccc(-n2c(O)c3c(c2O)[C@@H]2CC[C@H]3[C@H]3C[C@H]32)cc1F. The van der Waals surface area contributed by atoms with Gasteiger partial charge in [0.1, 0.15) is 5.82 Å². The number of aryl methyl sites for hydroxylation is 1. The molecule has 22 heavy (non-hydrogen) atoms. The zero-order valence-electron chi connectivity index (χ0n) is 12.4. The number of hydrogen-bond donors (Lipinski definition) is 2. The second-order valence-electron chi connectivity index (χ2n) is 7.10. The lowest BCUT2D eigenvalue weighted by Gasteiger charge is -2.35. The molecule has 4 aliphatic carbocycles. The second kappa shape index (κ2) is 3.86. The third-order valence-electron chi connectivity index (χ3n) is 6.06. The number of fused-ring (bicyclic) bond motifs is 1. The van der Waals surface area contributed by atoms with Crippen molar-refractivity contribution < 1.29 is 14.6 Å². The molecule has 2 saturated carbocycles. The van der Waals surface area contributed by atoms with Crippen molar-refractivity contribution >= 4 is 0 Å². The number of rotatable bonds is 1. The summed E-state index contributed by atoms with van der Waals surface area (Å²) in [6, 6.07) is 4.80. The van der Waals surface area contributed by atoms with Crippen molar-refractivity contribution in [3.05, 3.63) is 40.7 Å². The Morgan fingerprint density at radius 2 is 1.64 bits per heavy atom. The van der Waals surface area contributed by atoms with Gasteiger partial charge in [0.15, 0.2) is 0 Å². The third-order valence-corrected chi connectivity index (χ3v) is 6.06. The standard InChI is InChI=1S/C18H18FNO2/c1-8-2-3-9(6-14(8)19)20-17(21)15-10-4-5-11(13-7-12(10)13)16(15)18(20)22/h2-3,6,10-13,21-22H,4-5,7H2,1H3/t10-,11+,12+,13-. The molecule has 4 atom stereocenters. The van der Waals surface area contributed by atoms with Crippen LogP contribution in [0.4, 0.5) is 4.39 Å². The van der Waals surface area contributed by atoms with Crippen molar-refractivity contribution in [2.24, 2.45) is 11.8 Å². The lowest BCUT2D eigenvalue weighted by molar-refractivity contribution is 0.322. The number of hydrogen-bond acceptors (Lipinski definition) is 2. The fraction of sp³-hybridized carbons (Fsp3) is 0.444. The van der Waals surface area contributed by atoms with Crippen molar-refractivity contribution in [3.63, 3.8) is 0 Å². The summed E-state index contributed by atoms with van der Waals surface area (Å²) in [5.74, 6) is 1.99. The minimum Gasteiger partial charge on any atom is -0.494 e. The van der Waals surface area contributed by atoms with Crippen LogP contribution in [0.3, 0.4) is 0 Å². The van der Waals surface area contributed by atoms with Crippen LogP contribution in [0.1, 0.15) is 47.8 Å². The predicted octanol–water partition coefficient (Wildman–Crippen LogP) is 3.95. The fourth-order valence-corrected chi connectivity index (χ4v) is 4.94. The van der Waals surface area contributed by atoms with Gasteiger partial charge < -0.3 is 10.2 Å². The summed E-state index contributed by atoms with van der Waals surface area (Å²) < 4.78 is 15.3. The van der Waals surface area contributed by atoms with Crippen molar-refractivity contribution in [1.29, 1.82) is 0 Å². The highest BCUT2D eigenvalue weighted by Gasteiger charge is 2.58. The maximum atomic E-state index is 13.9. The Hall–Kier alpha value is -1.97. The van der Waals surface area contributed by atoms with Crippen molar-refractivity contribution in [2.45, 2.75) is 38.0 Å². The molecule has 2 aromatic rings. The average Bonchev–Trinajstić information content (AvgIpc) is 3.28. The van der Waals surface area contributed by atoms with Crippen molar-refractivity contribution in [1.82, 2.24) is 4.57 Å². The molecule has 2 fully saturated rings. The maximum absolute atomic E-state index is 13.9. The Bertz CT molecular complexity index is 770. The van der Waals surface area contributed by atoms with Crippen LogP contribution in [0.2, 0.25) is 0 Å². The van der Waals surface area contributed by atoms with Gasteiger partial charge in [0.25, 0.3) is 0 Å². The molecule has 1 aromatic heterocycles. The van der Waals surface area contributed by atoms with Crippen LogP contribution in [0, 0.1) is 24.6 Å². The van der Waals surface area contributed by atoms with Gasteiger partial charge in [-0.1, -0.05) is 6.07 Å². The topological polar surface area (TPSA) is 45.4 Å². The van der Waals surface area contributed by atoms with Gasteiger partial charge in [-0.15, -0.1) is 0 Å². The number of aromatic hydroxyl groups is 2. The first-order chi connectivity index (χ1) is 10.6. The van der Waals surface area contributed by atoms with E-state index in [1.807, 2.05) is 0 Å². The maximum Gasteiger partial charge on any atom is 0.202 e. The molecule has 3 nitrogen and oxygen atoms in total. The molecule has 4 aliphatic rings. The van der Waals surface area contributed by atoms with Crippen molar-refractivity contribution in [2.75, 3.05) is 0 Å². The average molecular weight is 299 g/mol. The van der Waals surface area contributed by atoms with E-state index in [1.165, 1.54) is 17.1 Å². The van der Waals surface area contributed by atoms with Gasteiger partial charge in [-0.25, -0.2) is 4.39 Å². The first-order valence-electron chi connectivity index (χ1n) is 8.01. The van der Waals surface area contributed by atoms with Crippen LogP contribution < -0.4 is 0 Å². The van der Waals surface area contributed by atoms with E-state index in [1.54, 1.807) is 19.1 Å².